The van der Waals surface area contributed by atoms with E-state index in [0.717, 1.165) is 28.0 Å². The first-order valence-corrected chi connectivity index (χ1v) is 12.4. The zero-order valence-electron chi connectivity index (χ0n) is 18.1. The molecule has 0 unspecified atom stereocenters. The maximum atomic E-state index is 14.2. The van der Waals surface area contributed by atoms with Gasteiger partial charge in [0.25, 0.3) is 0 Å². The first-order valence-electron chi connectivity index (χ1n) is 10.5. The van der Waals surface area contributed by atoms with Crippen molar-refractivity contribution in [1.82, 2.24) is 0 Å². The predicted molar refractivity (Wildman–Crippen MR) is 127 cm³/mol. The van der Waals surface area contributed by atoms with Gasteiger partial charge in [-0.05, 0) is 54.1 Å². The molecule has 0 spiro atoms. The molecule has 4 aromatic carbocycles. The first kappa shape index (κ1) is 25.9. The van der Waals surface area contributed by atoms with Gasteiger partial charge in [-0.15, -0.1) is 0 Å². The zero-order valence-corrected chi connectivity index (χ0v) is 20.6. The molecule has 7 heteroatoms. The molecule has 4 rings (SSSR count). The van der Waals surface area contributed by atoms with Crippen molar-refractivity contribution in [2.45, 2.75) is 6.16 Å². The van der Waals surface area contributed by atoms with Gasteiger partial charge in [0.15, 0.2) is 17.5 Å². The molecule has 0 aliphatic heterocycles. The van der Waals surface area contributed by atoms with Gasteiger partial charge in [-0.1, -0.05) is 42.5 Å². The van der Waals surface area contributed by atoms with Crippen molar-refractivity contribution in [2.24, 2.45) is 0 Å². The molecule has 0 aliphatic carbocycles. The molecule has 0 radical (unpaired) electrons. The van der Waals surface area contributed by atoms with Gasteiger partial charge < -0.3 is 21.7 Å². The molecule has 0 aliphatic rings. The van der Waals surface area contributed by atoms with Gasteiger partial charge in [-0.3, -0.25) is 0 Å². The lowest BCUT2D eigenvalue weighted by Gasteiger charge is -2.28. The molecule has 34 heavy (non-hydrogen) atoms. The topological polar surface area (TPSA) is 9.23 Å². The van der Waals surface area contributed by atoms with E-state index in [1.54, 1.807) is 6.07 Å². The molecule has 0 fully saturated rings. The summed E-state index contributed by atoms with van der Waals surface area (Å²) in [7, 11) is -2.52. The van der Waals surface area contributed by atoms with E-state index in [1.807, 2.05) is 78.9 Å². The number of rotatable bonds is 8. The third kappa shape index (κ3) is 5.34. The van der Waals surface area contributed by atoms with Gasteiger partial charge in [-0.25, -0.2) is 17.6 Å². The van der Waals surface area contributed by atoms with E-state index in [2.05, 4.69) is 0 Å². The Balaban J connectivity index is 0.00000324. The summed E-state index contributed by atoms with van der Waals surface area (Å²) in [4.78, 5) is 0. The van der Waals surface area contributed by atoms with Crippen LogP contribution in [0.5, 0.6) is 5.75 Å². The number of halogens is 5. The summed E-state index contributed by atoms with van der Waals surface area (Å²) in [6.45, 7) is -0.685. The van der Waals surface area contributed by atoms with Crippen LogP contribution < -0.4 is 37.6 Å². The number of hydrogen-bond acceptors (Lipinski definition) is 1. The Kier molecular flexibility index (Phi) is 8.87. The van der Waals surface area contributed by atoms with E-state index in [0.29, 0.717) is 11.3 Å². The van der Waals surface area contributed by atoms with E-state index < -0.39 is 31.4 Å². The second-order valence-electron chi connectivity index (χ2n) is 7.55. The average Bonchev–Trinajstić information content (AvgIpc) is 2.86. The summed E-state index contributed by atoms with van der Waals surface area (Å²) >= 11 is 0. The standard InChI is InChI=1S/C27H22F4OP.BrH/c28-14-15-32-21-8-7-13-24(18-21)33(22-9-3-1-4-10-22,23-11-5-2-6-12-23)19-20-16-25(29)27(31)26(30)17-20;/h1-13,16-18H,14-15,19H2;1H/q+1;/p-1. The molecule has 176 valence electrons. The van der Waals surface area contributed by atoms with Crippen LogP contribution in [-0.2, 0) is 6.16 Å². The van der Waals surface area contributed by atoms with Crippen LogP contribution in [0.1, 0.15) is 5.56 Å². The van der Waals surface area contributed by atoms with Crippen molar-refractivity contribution < 1.29 is 39.3 Å². The normalized spacial score (nSPS) is 11.1. The average molecular weight is 549 g/mol. The van der Waals surface area contributed by atoms with Crippen molar-refractivity contribution >= 4 is 23.2 Å². The highest BCUT2D eigenvalue weighted by molar-refractivity contribution is 7.95. The molecule has 0 saturated heterocycles. The highest BCUT2D eigenvalue weighted by Crippen LogP contribution is 2.58. The van der Waals surface area contributed by atoms with Gasteiger partial charge in [-0.2, -0.15) is 0 Å². The molecule has 0 atom stereocenters. The lowest BCUT2D eigenvalue weighted by molar-refractivity contribution is -0.00000889. The van der Waals surface area contributed by atoms with Gasteiger partial charge in [0, 0.05) is 6.07 Å². The summed E-state index contributed by atoms with van der Waals surface area (Å²) in [6.07, 6.45) is 0.266. The van der Waals surface area contributed by atoms with Crippen LogP contribution in [-0.4, -0.2) is 13.3 Å². The Bertz CT molecular complexity index is 1160. The van der Waals surface area contributed by atoms with Gasteiger partial charge in [0.1, 0.15) is 42.2 Å². The summed E-state index contributed by atoms with van der Waals surface area (Å²) < 4.78 is 60.3. The largest absolute Gasteiger partial charge is 1.00 e. The van der Waals surface area contributed by atoms with E-state index in [4.69, 9.17) is 4.74 Å². The van der Waals surface area contributed by atoms with E-state index in [-0.39, 0.29) is 29.8 Å². The van der Waals surface area contributed by atoms with Crippen LogP contribution in [0.3, 0.4) is 0 Å². The van der Waals surface area contributed by atoms with Crippen molar-refractivity contribution in [1.29, 1.82) is 0 Å². The summed E-state index contributed by atoms with van der Waals surface area (Å²) in [5.74, 6) is -3.41. The van der Waals surface area contributed by atoms with Crippen LogP contribution in [0.4, 0.5) is 17.6 Å². The number of benzene rings is 4. The summed E-state index contributed by atoms with van der Waals surface area (Å²) in [5.41, 5.74) is 0.350. The molecular weight excluding hydrogens is 527 g/mol. The Morgan fingerprint density at radius 1 is 0.647 bits per heavy atom. The van der Waals surface area contributed by atoms with Crippen molar-refractivity contribution in [3.8, 4) is 5.75 Å². The monoisotopic (exact) mass is 548 g/mol. The number of alkyl halides is 1. The maximum absolute atomic E-state index is 14.2. The molecular formula is C27H22BrF4OP. The van der Waals surface area contributed by atoms with Gasteiger partial charge >= 0.3 is 0 Å². The second kappa shape index (κ2) is 11.6. The second-order valence-corrected chi connectivity index (χ2v) is 11.0. The third-order valence-electron chi connectivity index (χ3n) is 5.46. The van der Waals surface area contributed by atoms with Crippen LogP contribution in [0.25, 0.3) is 0 Å². The van der Waals surface area contributed by atoms with Crippen molar-refractivity contribution in [2.75, 3.05) is 13.3 Å². The fourth-order valence-corrected chi connectivity index (χ4v) is 8.25. The Morgan fingerprint density at radius 3 is 1.71 bits per heavy atom. The lowest BCUT2D eigenvalue weighted by Crippen LogP contribution is -3.00. The highest BCUT2D eigenvalue weighted by atomic mass is 79.9. The minimum Gasteiger partial charge on any atom is -1.00 e. The molecule has 0 heterocycles. The summed E-state index contributed by atoms with van der Waals surface area (Å²) in [5, 5.41) is 2.88. The predicted octanol–water partition coefficient (Wildman–Crippen LogP) is 2.95. The minimum absolute atomic E-state index is 0. The number of hydrogen-bond donors (Lipinski definition) is 0. The number of ether oxygens (including phenoxy) is 1. The first-order chi connectivity index (χ1) is 16.0. The van der Waals surface area contributed by atoms with E-state index in [9.17, 15) is 17.6 Å². The lowest BCUT2D eigenvalue weighted by atomic mass is 10.2. The fraction of sp³-hybridized carbons (Fsp3) is 0.111. The van der Waals surface area contributed by atoms with E-state index in [1.165, 1.54) is 0 Å². The smallest absolute Gasteiger partial charge is 0.194 e. The zero-order chi connectivity index (χ0) is 23.3. The molecule has 0 bridgehead atoms. The SMILES string of the molecule is FCCOc1cccc([P+](Cc2cc(F)c(F)c(F)c2)(c2ccccc2)c2ccccc2)c1.[Br-]. The van der Waals surface area contributed by atoms with Crippen LogP contribution >= 0.6 is 7.26 Å². The van der Waals surface area contributed by atoms with Crippen molar-refractivity contribution in [3.05, 3.63) is 120 Å². The molecule has 0 amide bonds. The Hall–Kier alpha value is -2.69. The van der Waals surface area contributed by atoms with E-state index >= 15 is 0 Å². The van der Waals surface area contributed by atoms with Crippen LogP contribution in [0, 0.1) is 17.5 Å². The third-order valence-corrected chi connectivity index (χ3v) is 9.82. The quantitative estimate of drug-likeness (QED) is 0.187. The Morgan fingerprint density at radius 2 is 1.18 bits per heavy atom. The minimum atomic E-state index is -2.52. The van der Waals surface area contributed by atoms with Crippen LogP contribution in [0.15, 0.2) is 97.1 Å². The summed E-state index contributed by atoms with van der Waals surface area (Å²) in [6, 6.07) is 29.0. The van der Waals surface area contributed by atoms with Crippen molar-refractivity contribution in [3.63, 3.8) is 0 Å². The molecule has 0 saturated carbocycles. The van der Waals surface area contributed by atoms with Gasteiger partial charge in [0.05, 0.1) is 6.16 Å². The molecule has 0 aromatic heterocycles. The molecule has 1 nitrogen and oxygen atoms in total. The van der Waals surface area contributed by atoms with Gasteiger partial charge in [0.2, 0.25) is 0 Å². The molecule has 4 aromatic rings. The Labute approximate surface area is 207 Å². The van der Waals surface area contributed by atoms with Crippen LogP contribution in [0.2, 0.25) is 0 Å². The highest BCUT2D eigenvalue weighted by Gasteiger charge is 2.46. The fourth-order valence-electron chi connectivity index (χ4n) is 4.03. The molecule has 0 N–H and O–H groups in total. The maximum Gasteiger partial charge on any atom is 0.194 e.